The van der Waals surface area contributed by atoms with E-state index in [1.807, 2.05) is 60.7 Å². The molecule has 0 bridgehead atoms. The van der Waals surface area contributed by atoms with Gasteiger partial charge in [-0.15, -0.1) is 0 Å². The lowest BCUT2D eigenvalue weighted by atomic mass is 10.1. The largest absolute Gasteiger partial charge is 0.422 e. The van der Waals surface area contributed by atoms with Gasteiger partial charge in [0, 0.05) is 17.1 Å². The normalized spacial score (nSPS) is 11.4. The minimum absolute atomic E-state index is 0.228. The van der Waals surface area contributed by atoms with Crippen molar-refractivity contribution in [2.75, 3.05) is 0 Å². The molecule has 4 nitrogen and oxygen atoms in total. The lowest BCUT2D eigenvalue weighted by molar-refractivity contribution is 0.534. The van der Waals surface area contributed by atoms with Crippen molar-refractivity contribution in [3.05, 3.63) is 99.8 Å². The maximum atomic E-state index is 13.0. The Labute approximate surface area is 147 Å². The summed E-state index contributed by atoms with van der Waals surface area (Å²) in [5.74, 6) is 0.390. The fourth-order valence-electron chi connectivity index (χ4n) is 3.39. The van der Waals surface area contributed by atoms with E-state index in [1.165, 1.54) is 0 Å². The number of hydrogen-bond acceptors (Lipinski definition) is 3. The molecular formula is C22H13NO3. The van der Waals surface area contributed by atoms with Crippen LogP contribution in [-0.2, 0) is 0 Å². The Bertz CT molecular complexity index is 1410. The van der Waals surface area contributed by atoms with Crippen molar-refractivity contribution in [3.8, 4) is 11.3 Å². The summed E-state index contributed by atoms with van der Waals surface area (Å²) in [6.45, 7) is 0. The fraction of sp³-hybridized carbons (Fsp3) is 0. The van der Waals surface area contributed by atoms with Gasteiger partial charge in [-0.1, -0.05) is 54.6 Å². The molecule has 3 heterocycles. The first-order valence-corrected chi connectivity index (χ1v) is 8.29. The van der Waals surface area contributed by atoms with Gasteiger partial charge in [0.1, 0.15) is 5.76 Å². The van der Waals surface area contributed by atoms with E-state index in [0.29, 0.717) is 22.0 Å². The molecule has 0 radical (unpaired) electrons. The molecule has 0 aliphatic heterocycles. The molecular weight excluding hydrogens is 326 g/mol. The van der Waals surface area contributed by atoms with Crippen molar-refractivity contribution < 1.29 is 4.42 Å². The molecule has 2 aromatic carbocycles. The van der Waals surface area contributed by atoms with Crippen LogP contribution in [0.25, 0.3) is 38.4 Å². The van der Waals surface area contributed by atoms with Crippen LogP contribution in [0.1, 0.15) is 0 Å². The molecule has 0 saturated heterocycles. The second kappa shape index (κ2) is 5.43. The predicted molar refractivity (Wildman–Crippen MR) is 103 cm³/mol. The number of rotatable bonds is 1. The van der Waals surface area contributed by atoms with Gasteiger partial charge >= 0.3 is 5.63 Å². The molecule has 0 aliphatic rings. The highest BCUT2D eigenvalue weighted by molar-refractivity contribution is 5.99. The molecule has 5 rings (SSSR count). The highest BCUT2D eigenvalue weighted by Crippen LogP contribution is 2.24. The van der Waals surface area contributed by atoms with E-state index in [1.54, 1.807) is 22.7 Å². The minimum Gasteiger partial charge on any atom is -0.422 e. The summed E-state index contributed by atoms with van der Waals surface area (Å²) < 4.78 is 7.07. The summed E-state index contributed by atoms with van der Waals surface area (Å²) in [7, 11) is 0. The van der Waals surface area contributed by atoms with Crippen LogP contribution in [0.3, 0.4) is 0 Å². The van der Waals surface area contributed by atoms with Gasteiger partial charge in [-0.3, -0.25) is 9.20 Å². The zero-order valence-corrected chi connectivity index (χ0v) is 13.7. The summed E-state index contributed by atoms with van der Waals surface area (Å²) in [5.41, 5.74) is 0.720. The first kappa shape index (κ1) is 14.7. The molecule has 26 heavy (non-hydrogen) atoms. The van der Waals surface area contributed by atoms with Crippen molar-refractivity contribution in [2.45, 2.75) is 0 Å². The van der Waals surface area contributed by atoms with Crippen LogP contribution in [0.4, 0.5) is 0 Å². The highest BCUT2D eigenvalue weighted by atomic mass is 16.4. The first-order chi connectivity index (χ1) is 12.7. The van der Waals surface area contributed by atoms with Crippen LogP contribution >= 0.6 is 0 Å². The van der Waals surface area contributed by atoms with Gasteiger partial charge in [0.05, 0.1) is 16.3 Å². The van der Waals surface area contributed by atoms with Crippen molar-refractivity contribution >= 4 is 27.1 Å². The molecule has 0 aliphatic carbocycles. The summed E-state index contributed by atoms with van der Waals surface area (Å²) >= 11 is 0. The Morgan fingerprint density at radius 1 is 0.731 bits per heavy atom. The molecule has 0 saturated carbocycles. The molecule has 4 heteroatoms. The third-order valence-electron chi connectivity index (χ3n) is 4.68. The molecule has 5 aromatic rings. The van der Waals surface area contributed by atoms with Gasteiger partial charge in [-0.05, 0) is 23.6 Å². The Balaban J connectivity index is 1.94. The van der Waals surface area contributed by atoms with Crippen molar-refractivity contribution in [1.29, 1.82) is 0 Å². The molecule has 0 unspecified atom stereocenters. The quantitative estimate of drug-likeness (QED) is 0.339. The average Bonchev–Trinajstić information content (AvgIpc) is 2.69. The molecule has 3 aromatic heterocycles. The van der Waals surface area contributed by atoms with Crippen LogP contribution < -0.4 is 11.2 Å². The third-order valence-corrected chi connectivity index (χ3v) is 4.68. The number of hydrogen-bond donors (Lipinski definition) is 0. The summed E-state index contributed by atoms with van der Waals surface area (Å²) in [5, 5.41) is 2.58. The fourth-order valence-corrected chi connectivity index (χ4v) is 3.39. The maximum Gasteiger partial charge on any atom is 0.344 e. The zero-order valence-electron chi connectivity index (χ0n) is 13.7. The highest BCUT2D eigenvalue weighted by Gasteiger charge is 2.13. The van der Waals surface area contributed by atoms with Crippen LogP contribution in [0.2, 0.25) is 0 Å². The minimum atomic E-state index is -0.506. The van der Waals surface area contributed by atoms with E-state index >= 15 is 0 Å². The Morgan fingerprint density at radius 2 is 1.50 bits per heavy atom. The van der Waals surface area contributed by atoms with E-state index in [4.69, 9.17) is 4.42 Å². The van der Waals surface area contributed by atoms with E-state index in [9.17, 15) is 9.59 Å². The zero-order chi connectivity index (χ0) is 17.7. The average molecular weight is 339 g/mol. The molecule has 124 valence electrons. The third kappa shape index (κ3) is 2.09. The predicted octanol–water partition coefficient (Wildman–Crippen LogP) is 4.23. The Hall–Kier alpha value is -3.66. The molecule has 0 fully saturated rings. The monoisotopic (exact) mass is 339 g/mol. The number of nitrogens with zero attached hydrogens (tertiary/aromatic N) is 1. The molecule has 0 spiro atoms. The summed E-state index contributed by atoms with van der Waals surface area (Å²) in [6.07, 6.45) is 1.75. The van der Waals surface area contributed by atoms with Gasteiger partial charge in [-0.2, -0.15) is 0 Å². The van der Waals surface area contributed by atoms with Gasteiger partial charge in [0.25, 0.3) is 5.56 Å². The van der Waals surface area contributed by atoms with E-state index in [2.05, 4.69) is 0 Å². The second-order valence-corrected chi connectivity index (χ2v) is 6.20. The Kier molecular flexibility index (Phi) is 3.06. The van der Waals surface area contributed by atoms with Crippen molar-refractivity contribution in [1.82, 2.24) is 4.40 Å². The summed E-state index contributed by atoms with van der Waals surface area (Å²) in [4.78, 5) is 25.6. The standard InChI is InChI=1S/C22H13NO3/c24-21-17-13-20(15-7-2-1-3-8-15)26-22(25)18(17)12-19-16-9-5-4-6-14(16)10-11-23(19)21/h1-13H. The van der Waals surface area contributed by atoms with Crippen LogP contribution in [-0.4, -0.2) is 4.40 Å². The number of benzene rings is 2. The lowest BCUT2D eigenvalue weighted by Gasteiger charge is -2.08. The lowest BCUT2D eigenvalue weighted by Crippen LogP contribution is -2.17. The van der Waals surface area contributed by atoms with Crippen molar-refractivity contribution in [3.63, 3.8) is 0 Å². The van der Waals surface area contributed by atoms with Crippen LogP contribution in [0, 0.1) is 0 Å². The number of aromatic nitrogens is 1. The molecule has 0 atom stereocenters. The van der Waals surface area contributed by atoms with Gasteiger partial charge < -0.3 is 4.42 Å². The first-order valence-electron chi connectivity index (χ1n) is 8.29. The van der Waals surface area contributed by atoms with Crippen LogP contribution in [0.15, 0.2) is 93.0 Å². The Morgan fingerprint density at radius 3 is 2.35 bits per heavy atom. The topological polar surface area (TPSA) is 51.7 Å². The SMILES string of the molecule is O=c1oc(-c2ccccc2)cc2c(=O)n3ccc4ccccc4c3cc12. The van der Waals surface area contributed by atoms with E-state index in [-0.39, 0.29) is 5.56 Å². The van der Waals surface area contributed by atoms with Gasteiger partial charge in [-0.25, -0.2) is 4.79 Å². The van der Waals surface area contributed by atoms with Gasteiger partial charge in [0.2, 0.25) is 0 Å². The van der Waals surface area contributed by atoms with Crippen molar-refractivity contribution in [2.24, 2.45) is 0 Å². The molecule has 0 amide bonds. The van der Waals surface area contributed by atoms with E-state index in [0.717, 1.165) is 16.3 Å². The summed E-state index contributed by atoms with van der Waals surface area (Å²) in [6, 6.07) is 22.4. The van der Waals surface area contributed by atoms with Crippen LogP contribution in [0.5, 0.6) is 0 Å². The molecule has 0 N–H and O–H groups in total. The van der Waals surface area contributed by atoms with Gasteiger partial charge in [0.15, 0.2) is 0 Å². The number of pyridine rings is 2. The number of fused-ring (bicyclic) bond motifs is 4. The maximum absolute atomic E-state index is 13.0. The second-order valence-electron chi connectivity index (χ2n) is 6.20. The smallest absolute Gasteiger partial charge is 0.344 e. The van der Waals surface area contributed by atoms with E-state index < -0.39 is 5.63 Å².